The second-order valence-electron chi connectivity index (χ2n) is 8.02. The molecule has 2 aromatic rings. The van der Waals surface area contributed by atoms with Gasteiger partial charge in [0.1, 0.15) is 0 Å². The average molecular weight is 476 g/mol. The minimum Gasteiger partial charge on any atom is -0.463 e. The predicted molar refractivity (Wildman–Crippen MR) is 126 cm³/mol. The van der Waals surface area contributed by atoms with Crippen LogP contribution >= 0.6 is 0 Å². The number of hydrogen-bond donors (Lipinski definition) is 1. The number of pyridine rings is 1. The number of carbonyl (C=O) groups is 4. The third-order valence-corrected chi connectivity index (χ3v) is 5.61. The van der Waals surface area contributed by atoms with E-state index >= 15 is 0 Å². The molecular weight excluding hydrogens is 450 g/mol. The number of esters is 2. The molecule has 1 N–H and O–H groups in total. The Kier molecular flexibility index (Phi) is 6.77. The van der Waals surface area contributed by atoms with Crippen LogP contribution in [0.3, 0.4) is 0 Å². The van der Waals surface area contributed by atoms with Crippen LogP contribution in [0.15, 0.2) is 53.7 Å². The molecule has 4 rings (SSSR count). The molecule has 2 amide bonds. The first-order valence-corrected chi connectivity index (χ1v) is 11.3. The molecule has 3 heterocycles. The van der Waals surface area contributed by atoms with E-state index in [1.54, 1.807) is 57.2 Å². The summed E-state index contributed by atoms with van der Waals surface area (Å²) in [5.74, 6) is -1.82. The lowest BCUT2D eigenvalue weighted by Gasteiger charge is -2.22. The lowest BCUT2D eigenvalue weighted by Crippen LogP contribution is -2.29. The van der Waals surface area contributed by atoms with Crippen LogP contribution in [0.1, 0.15) is 57.9 Å². The highest BCUT2D eigenvalue weighted by Crippen LogP contribution is 2.29. The van der Waals surface area contributed by atoms with Crippen molar-refractivity contribution in [2.75, 3.05) is 13.2 Å². The van der Waals surface area contributed by atoms with Crippen molar-refractivity contribution in [1.29, 1.82) is 0 Å². The molecule has 0 radical (unpaired) electrons. The van der Waals surface area contributed by atoms with Crippen molar-refractivity contribution in [3.05, 3.63) is 81.8 Å². The molecule has 180 valence electrons. The molecule has 0 spiro atoms. The molecule has 35 heavy (non-hydrogen) atoms. The van der Waals surface area contributed by atoms with Crippen LogP contribution in [0.25, 0.3) is 5.70 Å². The van der Waals surface area contributed by atoms with Crippen LogP contribution < -0.4 is 5.32 Å². The Morgan fingerprint density at radius 1 is 1.00 bits per heavy atom. The zero-order valence-electron chi connectivity index (χ0n) is 19.7. The number of ether oxygens (including phenoxy) is 2. The first kappa shape index (κ1) is 23.9. The van der Waals surface area contributed by atoms with Gasteiger partial charge in [0.25, 0.3) is 11.8 Å². The molecule has 0 bridgehead atoms. The van der Waals surface area contributed by atoms with Crippen molar-refractivity contribution >= 4 is 29.5 Å². The minimum absolute atomic E-state index is 0.0209. The van der Waals surface area contributed by atoms with Crippen molar-refractivity contribution < 1.29 is 28.7 Å². The highest BCUT2D eigenvalue weighted by Gasteiger charge is 2.35. The van der Waals surface area contributed by atoms with Gasteiger partial charge in [-0.2, -0.15) is 0 Å². The Morgan fingerprint density at radius 2 is 1.63 bits per heavy atom. The van der Waals surface area contributed by atoms with Gasteiger partial charge in [-0.15, -0.1) is 0 Å². The summed E-state index contributed by atoms with van der Waals surface area (Å²) in [7, 11) is 0. The first-order chi connectivity index (χ1) is 16.8. The van der Waals surface area contributed by atoms with Crippen molar-refractivity contribution in [2.24, 2.45) is 0 Å². The number of amides is 2. The lowest BCUT2D eigenvalue weighted by atomic mass is 9.96. The van der Waals surface area contributed by atoms with Gasteiger partial charge in [-0.1, -0.05) is 12.1 Å². The van der Waals surface area contributed by atoms with Crippen molar-refractivity contribution in [3.63, 3.8) is 0 Å². The standard InChI is InChI=1S/C26H25N3O6/c1-4-34-25(32)17-12-21(26(33)35-5-2)22(27-13-17)16-10-15(3)28-18(11-16)14-29-23(30)19-8-6-7-9-20(19)24(29)31/h6-11,13,27H,4-5,12,14H2,1-3H3. The fourth-order valence-corrected chi connectivity index (χ4v) is 4.09. The van der Waals surface area contributed by atoms with Gasteiger partial charge in [0.2, 0.25) is 0 Å². The van der Waals surface area contributed by atoms with Crippen LogP contribution in [-0.4, -0.2) is 46.9 Å². The molecular formula is C26H25N3O6. The van der Waals surface area contributed by atoms with E-state index in [1.807, 2.05) is 0 Å². The fourth-order valence-electron chi connectivity index (χ4n) is 4.09. The maximum atomic E-state index is 12.8. The molecule has 2 aliphatic rings. The number of dihydropyridines is 1. The number of fused-ring (bicyclic) bond motifs is 1. The Labute approximate surface area is 202 Å². The number of carbonyl (C=O) groups excluding carboxylic acids is 4. The summed E-state index contributed by atoms with van der Waals surface area (Å²) in [5.41, 5.74) is 3.49. The topological polar surface area (TPSA) is 115 Å². The number of aromatic nitrogens is 1. The molecule has 1 aromatic heterocycles. The van der Waals surface area contributed by atoms with Gasteiger partial charge in [0.15, 0.2) is 0 Å². The molecule has 0 saturated carbocycles. The summed E-state index contributed by atoms with van der Waals surface area (Å²) in [5, 5.41) is 3.03. The summed E-state index contributed by atoms with van der Waals surface area (Å²) < 4.78 is 10.3. The molecule has 0 atom stereocenters. The maximum Gasteiger partial charge on any atom is 0.336 e. The monoisotopic (exact) mass is 475 g/mol. The number of aryl methyl sites for hydroxylation is 1. The number of nitrogens with one attached hydrogen (secondary N) is 1. The minimum atomic E-state index is -0.554. The van der Waals surface area contributed by atoms with Crippen molar-refractivity contribution in [3.8, 4) is 0 Å². The summed E-state index contributed by atoms with van der Waals surface area (Å²) in [6.45, 7) is 5.56. The van der Waals surface area contributed by atoms with Gasteiger partial charge in [0, 0.05) is 23.9 Å². The molecule has 0 aliphatic carbocycles. The first-order valence-electron chi connectivity index (χ1n) is 11.3. The van der Waals surface area contributed by atoms with Crippen LogP contribution in [0, 0.1) is 6.92 Å². The van der Waals surface area contributed by atoms with Crippen molar-refractivity contribution in [2.45, 2.75) is 33.7 Å². The van der Waals surface area contributed by atoms with Gasteiger partial charge in [-0.25, -0.2) is 9.59 Å². The van der Waals surface area contributed by atoms with Gasteiger partial charge in [0.05, 0.1) is 53.4 Å². The van der Waals surface area contributed by atoms with Gasteiger partial charge >= 0.3 is 11.9 Å². The van der Waals surface area contributed by atoms with E-state index in [2.05, 4.69) is 10.3 Å². The quantitative estimate of drug-likeness (QED) is 0.480. The van der Waals surface area contributed by atoms with Gasteiger partial charge in [-0.05, 0) is 45.0 Å². The number of imide groups is 1. The molecule has 0 saturated heterocycles. The maximum absolute atomic E-state index is 12.8. The third-order valence-electron chi connectivity index (χ3n) is 5.61. The van der Waals surface area contributed by atoms with Crippen LogP contribution in [0.4, 0.5) is 0 Å². The van der Waals surface area contributed by atoms with Crippen molar-refractivity contribution in [1.82, 2.24) is 15.2 Å². The van der Waals surface area contributed by atoms with E-state index in [9.17, 15) is 19.2 Å². The summed E-state index contributed by atoms with van der Waals surface area (Å²) >= 11 is 0. The third kappa shape index (κ3) is 4.70. The fraction of sp³-hybridized carbons (Fsp3) is 0.269. The molecule has 0 fully saturated rings. The summed E-state index contributed by atoms with van der Waals surface area (Å²) in [6, 6.07) is 10.2. The SMILES string of the molecule is CCOC(=O)C1=CNC(c2cc(C)nc(CN3C(=O)c4ccccc4C3=O)c2)=C(C(=O)OCC)C1. The molecule has 0 unspecified atom stereocenters. The van der Waals surface area contributed by atoms with E-state index in [1.165, 1.54) is 6.20 Å². The Morgan fingerprint density at radius 3 is 2.26 bits per heavy atom. The normalized spacial score (nSPS) is 14.9. The predicted octanol–water partition coefficient (Wildman–Crippen LogP) is 2.90. The summed E-state index contributed by atoms with van der Waals surface area (Å²) in [6.07, 6.45) is 1.55. The van der Waals surface area contributed by atoms with Crippen LogP contribution in [-0.2, 0) is 25.6 Å². The smallest absolute Gasteiger partial charge is 0.336 e. The number of hydrogen-bond acceptors (Lipinski definition) is 8. The Hall–Kier alpha value is -4.27. The Balaban J connectivity index is 1.67. The number of rotatable bonds is 7. The average Bonchev–Trinajstić information content (AvgIpc) is 3.08. The largest absolute Gasteiger partial charge is 0.463 e. The number of nitrogens with zero attached hydrogens (tertiary/aromatic N) is 2. The molecule has 9 nitrogen and oxygen atoms in total. The van der Waals surface area contributed by atoms with E-state index in [0.717, 1.165) is 4.90 Å². The molecule has 2 aliphatic heterocycles. The zero-order valence-corrected chi connectivity index (χ0v) is 19.7. The van der Waals surface area contributed by atoms with E-state index < -0.39 is 11.9 Å². The second-order valence-corrected chi connectivity index (χ2v) is 8.02. The Bertz CT molecular complexity index is 1260. The highest BCUT2D eigenvalue weighted by molar-refractivity contribution is 6.21. The summed E-state index contributed by atoms with van der Waals surface area (Å²) in [4.78, 5) is 56.2. The second kappa shape index (κ2) is 9.92. The molecule has 1 aromatic carbocycles. The zero-order chi connectivity index (χ0) is 25.1. The number of benzene rings is 1. The van der Waals surface area contributed by atoms with E-state index in [4.69, 9.17) is 9.47 Å². The van der Waals surface area contributed by atoms with Gasteiger partial charge in [-0.3, -0.25) is 19.5 Å². The lowest BCUT2D eigenvalue weighted by molar-refractivity contribution is -0.139. The van der Waals surface area contributed by atoms with E-state index in [0.29, 0.717) is 39.3 Å². The molecule has 9 heteroatoms. The van der Waals surface area contributed by atoms with Gasteiger partial charge < -0.3 is 14.8 Å². The highest BCUT2D eigenvalue weighted by atomic mass is 16.5. The van der Waals surface area contributed by atoms with E-state index in [-0.39, 0.29) is 43.6 Å². The van der Waals surface area contributed by atoms with Crippen LogP contribution in [0.5, 0.6) is 0 Å². The van der Waals surface area contributed by atoms with Crippen LogP contribution in [0.2, 0.25) is 0 Å².